The van der Waals surface area contributed by atoms with Gasteiger partial charge in [0.25, 0.3) is 0 Å². The van der Waals surface area contributed by atoms with Crippen molar-refractivity contribution in [2.45, 2.75) is 6.61 Å². The van der Waals surface area contributed by atoms with Crippen LogP contribution in [0.2, 0.25) is 15.1 Å². The van der Waals surface area contributed by atoms with Crippen LogP contribution in [0.3, 0.4) is 0 Å². The highest BCUT2D eigenvalue weighted by atomic mass is 35.5. The van der Waals surface area contributed by atoms with Crippen molar-refractivity contribution in [3.8, 4) is 11.8 Å². The third kappa shape index (κ3) is 3.54. The molecule has 0 saturated carbocycles. The third-order valence-corrected chi connectivity index (χ3v) is 3.50. The summed E-state index contributed by atoms with van der Waals surface area (Å²) < 4.78 is 5.57. The average molecular weight is 313 g/mol. The van der Waals surface area contributed by atoms with Crippen LogP contribution in [0.1, 0.15) is 11.1 Å². The summed E-state index contributed by atoms with van der Waals surface area (Å²) in [5, 5.41) is 10.1. The number of ether oxygens (including phenoxy) is 1. The van der Waals surface area contributed by atoms with Crippen molar-refractivity contribution in [2.24, 2.45) is 0 Å². The molecule has 0 saturated heterocycles. The van der Waals surface area contributed by atoms with Crippen molar-refractivity contribution in [1.82, 2.24) is 0 Å². The van der Waals surface area contributed by atoms with Crippen molar-refractivity contribution in [3.05, 3.63) is 62.6 Å². The molecule has 0 radical (unpaired) electrons. The van der Waals surface area contributed by atoms with Crippen molar-refractivity contribution < 1.29 is 4.74 Å². The van der Waals surface area contributed by atoms with Gasteiger partial charge in [0, 0.05) is 6.07 Å². The van der Waals surface area contributed by atoms with E-state index in [9.17, 15) is 0 Å². The Bertz CT molecular complexity index is 650. The number of nitriles is 1. The second kappa shape index (κ2) is 6.16. The van der Waals surface area contributed by atoms with Crippen molar-refractivity contribution in [2.75, 3.05) is 0 Å². The van der Waals surface area contributed by atoms with Crippen LogP contribution in [0, 0.1) is 11.3 Å². The molecule has 2 nitrogen and oxygen atoms in total. The van der Waals surface area contributed by atoms with Gasteiger partial charge < -0.3 is 4.74 Å². The monoisotopic (exact) mass is 311 g/mol. The topological polar surface area (TPSA) is 33.0 Å². The largest absolute Gasteiger partial charge is 0.489 e. The van der Waals surface area contributed by atoms with Crippen LogP contribution in [0.15, 0.2) is 36.4 Å². The summed E-state index contributed by atoms with van der Waals surface area (Å²) in [6.07, 6.45) is 0. The van der Waals surface area contributed by atoms with Gasteiger partial charge in [0.15, 0.2) is 0 Å². The maximum Gasteiger partial charge on any atom is 0.121 e. The Morgan fingerprint density at radius 3 is 2.37 bits per heavy atom. The zero-order valence-electron chi connectivity index (χ0n) is 9.66. The number of nitrogens with zero attached hydrogens (tertiary/aromatic N) is 1. The molecule has 0 aliphatic heterocycles. The molecule has 2 aromatic rings. The van der Waals surface area contributed by atoms with Gasteiger partial charge in [-0.1, -0.05) is 40.9 Å². The number of rotatable bonds is 3. The summed E-state index contributed by atoms with van der Waals surface area (Å²) in [5.41, 5.74) is 1.32. The van der Waals surface area contributed by atoms with Crippen LogP contribution < -0.4 is 4.74 Å². The lowest BCUT2D eigenvalue weighted by Crippen LogP contribution is -1.95. The smallest absolute Gasteiger partial charge is 0.121 e. The van der Waals surface area contributed by atoms with Crippen LogP contribution in [0.5, 0.6) is 5.75 Å². The molecule has 0 aliphatic rings. The van der Waals surface area contributed by atoms with Gasteiger partial charge >= 0.3 is 0 Å². The highest BCUT2D eigenvalue weighted by Crippen LogP contribution is 2.25. The molecular weight excluding hydrogens is 305 g/mol. The Morgan fingerprint density at radius 1 is 0.947 bits per heavy atom. The molecule has 5 heteroatoms. The van der Waals surface area contributed by atoms with E-state index in [2.05, 4.69) is 0 Å². The van der Waals surface area contributed by atoms with E-state index in [4.69, 9.17) is 44.8 Å². The van der Waals surface area contributed by atoms with E-state index in [0.717, 1.165) is 5.56 Å². The Hall–Kier alpha value is -1.40. The Labute approximate surface area is 126 Å². The van der Waals surface area contributed by atoms with Gasteiger partial charge in [-0.15, -0.1) is 0 Å². The van der Waals surface area contributed by atoms with E-state index in [1.807, 2.05) is 12.1 Å². The van der Waals surface area contributed by atoms with E-state index in [-0.39, 0.29) is 0 Å². The standard InChI is InChI=1S/C14H8Cl3NO/c15-12-4-1-9(5-14(12)17)8-19-11-3-2-10(7-18)13(16)6-11/h1-6H,8H2. The first-order chi connectivity index (χ1) is 9.10. The second-order valence-corrected chi connectivity index (χ2v) is 5.01. The van der Waals surface area contributed by atoms with Gasteiger partial charge in [-0.25, -0.2) is 0 Å². The van der Waals surface area contributed by atoms with Crippen molar-refractivity contribution in [1.29, 1.82) is 5.26 Å². The lowest BCUT2D eigenvalue weighted by Gasteiger charge is -2.08. The maximum atomic E-state index is 8.77. The molecule has 0 bridgehead atoms. The highest BCUT2D eigenvalue weighted by Gasteiger charge is 2.03. The van der Waals surface area contributed by atoms with E-state index in [0.29, 0.717) is 33.0 Å². The predicted molar refractivity (Wildman–Crippen MR) is 77.0 cm³/mol. The molecule has 0 unspecified atom stereocenters. The van der Waals surface area contributed by atoms with Crippen LogP contribution in [-0.2, 0) is 6.61 Å². The molecule has 0 N–H and O–H groups in total. The molecule has 0 fully saturated rings. The lowest BCUT2D eigenvalue weighted by atomic mass is 10.2. The fraction of sp³-hybridized carbons (Fsp3) is 0.0714. The SMILES string of the molecule is N#Cc1ccc(OCc2ccc(Cl)c(Cl)c2)cc1Cl. The van der Waals surface area contributed by atoms with E-state index in [1.165, 1.54) is 0 Å². The van der Waals surface area contributed by atoms with Gasteiger partial charge in [-0.2, -0.15) is 5.26 Å². The Kier molecular flexibility index (Phi) is 4.55. The molecule has 0 aliphatic carbocycles. The summed E-state index contributed by atoms with van der Waals surface area (Å²) in [7, 11) is 0. The van der Waals surface area contributed by atoms with E-state index < -0.39 is 0 Å². The van der Waals surface area contributed by atoms with Crippen LogP contribution in [0.25, 0.3) is 0 Å². The molecule has 2 aromatic carbocycles. The zero-order valence-corrected chi connectivity index (χ0v) is 11.9. The third-order valence-electron chi connectivity index (χ3n) is 2.45. The summed E-state index contributed by atoms with van der Waals surface area (Å²) in [5.74, 6) is 0.593. The Morgan fingerprint density at radius 2 is 1.74 bits per heavy atom. The van der Waals surface area contributed by atoms with Crippen LogP contribution >= 0.6 is 34.8 Å². The Balaban J connectivity index is 2.08. The normalized spacial score (nSPS) is 10.0. The lowest BCUT2D eigenvalue weighted by molar-refractivity contribution is 0.306. The van der Waals surface area contributed by atoms with Crippen LogP contribution in [-0.4, -0.2) is 0 Å². The number of hydrogen-bond acceptors (Lipinski definition) is 2. The summed E-state index contributed by atoms with van der Waals surface area (Å²) in [4.78, 5) is 0. The van der Waals surface area contributed by atoms with Crippen molar-refractivity contribution in [3.63, 3.8) is 0 Å². The van der Waals surface area contributed by atoms with Gasteiger partial charge in [-0.05, 0) is 29.8 Å². The van der Waals surface area contributed by atoms with Gasteiger partial charge in [0.2, 0.25) is 0 Å². The van der Waals surface area contributed by atoms with Gasteiger partial charge in [-0.3, -0.25) is 0 Å². The first kappa shape index (κ1) is 14.0. The quantitative estimate of drug-likeness (QED) is 0.790. The average Bonchev–Trinajstić information content (AvgIpc) is 2.40. The van der Waals surface area contributed by atoms with E-state index in [1.54, 1.807) is 30.3 Å². The predicted octanol–water partition coefficient (Wildman–Crippen LogP) is 5.10. The zero-order chi connectivity index (χ0) is 13.8. The molecule has 0 amide bonds. The molecule has 0 aromatic heterocycles. The van der Waals surface area contributed by atoms with Gasteiger partial charge in [0.1, 0.15) is 18.4 Å². The van der Waals surface area contributed by atoms with Crippen molar-refractivity contribution >= 4 is 34.8 Å². The maximum absolute atomic E-state index is 8.77. The minimum absolute atomic E-state index is 0.346. The summed E-state index contributed by atoms with van der Waals surface area (Å²) in [6, 6.07) is 12.2. The molecule has 0 spiro atoms. The number of hydrogen-bond donors (Lipinski definition) is 0. The minimum atomic E-state index is 0.346. The fourth-order valence-electron chi connectivity index (χ4n) is 1.47. The highest BCUT2D eigenvalue weighted by molar-refractivity contribution is 6.42. The molecular formula is C14H8Cl3NO. The number of benzene rings is 2. The second-order valence-electron chi connectivity index (χ2n) is 3.79. The fourth-order valence-corrected chi connectivity index (χ4v) is 2.01. The molecule has 0 atom stereocenters. The number of halogens is 3. The van der Waals surface area contributed by atoms with Gasteiger partial charge in [0.05, 0.1) is 20.6 Å². The molecule has 19 heavy (non-hydrogen) atoms. The molecule has 0 heterocycles. The molecule has 96 valence electrons. The minimum Gasteiger partial charge on any atom is -0.489 e. The van der Waals surface area contributed by atoms with E-state index >= 15 is 0 Å². The molecule has 2 rings (SSSR count). The summed E-state index contributed by atoms with van der Waals surface area (Å²) in [6.45, 7) is 0.346. The first-order valence-electron chi connectivity index (χ1n) is 5.36. The van der Waals surface area contributed by atoms with Crippen LogP contribution in [0.4, 0.5) is 0 Å². The first-order valence-corrected chi connectivity index (χ1v) is 6.50. The summed E-state index contributed by atoms with van der Waals surface area (Å²) >= 11 is 17.7.